The van der Waals surface area contributed by atoms with Crippen LogP contribution in [0.15, 0.2) is 18.2 Å². The number of benzene rings is 1. The average Bonchev–Trinajstić information content (AvgIpc) is 3.54. The van der Waals surface area contributed by atoms with E-state index in [1.165, 1.54) is 11.0 Å². The van der Waals surface area contributed by atoms with Crippen molar-refractivity contribution in [3.8, 4) is 0 Å². The molecule has 1 saturated carbocycles. The minimum Gasteiger partial charge on any atom is -0.548 e. The number of carbonyl (C=O) groups is 3. The van der Waals surface area contributed by atoms with Crippen molar-refractivity contribution in [1.82, 2.24) is 9.80 Å². The molecular weight excluding hydrogens is 553 g/mol. The van der Waals surface area contributed by atoms with Crippen LogP contribution in [0.1, 0.15) is 69.9 Å². The maximum Gasteiger partial charge on any atom is 1.00 e. The molecule has 0 spiro atoms. The number of likely N-dealkylation sites (tertiary alicyclic amines) is 2. The van der Waals surface area contributed by atoms with Gasteiger partial charge in [-0.05, 0) is 76.5 Å². The van der Waals surface area contributed by atoms with E-state index in [2.05, 4.69) is 0 Å². The maximum atomic E-state index is 15.5. The fraction of sp³-hybridized carbons (Fsp3) is 0.667. The predicted molar refractivity (Wildman–Crippen MR) is 126 cm³/mol. The fourth-order valence-corrected chi connectivity index (χ4v) is 5.56. The van der Waals surface area contributed by atoms with Crippen LogP contribution in [0, 0.1) is 17.2 Å². The summed E-state index contributed by atoms with van der Waals surface area (Å²) in [5.41, 5.74) is -4.04. The van der Waals surface area contributed by atoms with Gasteiger partial charge in [-0.2, -0.15) is 13.2 Å². The standard InChI is InChI=1S/C27H32F6N2O5.Li/c1-24(2,3)40-23(39)34-10-6-15(7-11-34)16-4-5-18(19(28)12-16)26(29,30)17-13-20(21(36)37)35(14-17)22(38)25(8-9-25)27(31,32)33;/h4-5,12,15,17,20H,6-11,13-14H2,1-3H3,(H,36,37);/q;+1/p-1/t17?,20-;/m0./s1. The molecule has 4 rings (SSSR count). The van der Waals surface area contributed by atoms with E-state index >= 15 is 13.2 Å². The zero-order chi connectivity index (χ0) is 29.8. The molecule has 3 fully saturated rings. The largest absolute Gasteiger partial charge is 1.00 e. The fourth-order valence-electron chi connectivity index (χ4n) is 5.56. The summed E-state index contributed by atoms with van der Waals surface area (Å²) >= 11 is 0. The van der Waals surface area contributed by atoms with E-state index < -0.39 is 90.2 Å². The summed E-state index contributed by atoms with van der Waals surface area (Å²) in [7, 11) is 0. The van der Waals surface area contributed by atoms with Gasteiger partial charge in [-0.1, -0.05) is 6.07 Å². The first kappa shape index (κ1) is 33.1. The Bertz CT molecular complexity index is 1180. The number of rotatable bonds is 5. The summed E-state index contributed by atoms with van der Waals surface area (Å²) in [6.45, 7) is 4.90. The number of carbonyl (C=O) groups excluding carboxylic acids is 3. The number of aliphatic carboxylic acids is 1. The van der Waals surface area contributed by atoms with Gasteiger partial charge >= 0.3 is 31.1 Å². The molecule has 41 heavy (non-hydrogen) atoms. The number of nitrogens with zero attached hydrogens (tertiary/aromatic N) is 2. The number of amides is 2. The van der Waals surface area contributed by atoms with Gasteiger partial charge in [0.25, 0.3) is 5.92 Å². The van der Waals surface area contributed by atoms with E-state index in [-0.39, 0.29) is 24.8 Å². The average molecular weight is 584 g/mol. The molecule has 3 aliphatic rings. The summed E-state index contributed by atoms with van der Waals surface area (Å²) in [4.78, 5) is 38.4. The van der Waals surface area contributed by atoms with Crippen molar-refractivity contribution >= 4 is 18.0 Å². The summed E-state index contributed by atoms with van der Waals surface area (Å²) in [5.74, 6) is -10.9. The SMILES string of the molecule is CC(C)(C)OC(=O)N1CCC(c2ccc(C(F)(F)C3C[C@@H](C(=O)[O-])N(C(=O)C4(C(F)(F)F)CC4)C3)c(F)c2)CC1.[Li+]. The molecule has 1 aromatic carbocycles. The van der Waals surface area contributed by atoms with Gasteiger partial charge in [0.1, 0.15) is 16.8 Å². The Morgan fingerprint density at radius 3 is 2.07 bits per heavy atom. The molecule has 2 aliphatic heterocycles. The van der Waals surface area contributed by atoms with E-state index in [4.69, 9.17) is 4.74 Å². The molecule has 0 aromatic heterocycles. The second kappa shape index (κ2) is 11.4. The molecule has 0 bridgehead atoms. The van der Waals surface area contributed by atoms with Crippen LogP contribution in [0.4, 0.5) is 31.1 Å². The van der Waals surface area contributed by atoms with Gasteiger partial charge < -0.3 is 24.4 Å². The van der Waals surface area contributed by atoms with E-state index in [0.29, 0.717) is 36.4 Å². The van der Waals surface area contributed by atoms with Gasteiger partial charge in [-0.25, -0.2) is 18.0 Å². The van der Waals surface area contributed by atoms with E-state index in [0.717, 1.165) is 12.1 Å². The molecule has 2 saturated heterocycles. The smallest absolute Gasteiger partial charge is 0.548 e. The molecule has 0 radical (unpaired) electrons. The van der Waals surface area contributed by atoms with Gasteiger partial charge in [0.05, 0.1) is 17.6 Å². The predicted octanol–water partition coefficient (Wildman–Crippen LogP) is 1.35. The van der Waals surface area contributed by atoms with Crippen LogP contribution in [-0.2, 0) is 20.2 Å². The van der Waals surface area contributed by atoms with Crippen molar-refractivity contribution in [2.75, 3.05) is 19.6 Å². The van der Waals surface area contributed by atoms with Crippen molar-refractivity contribution in [3.63, 3.8) is 0 Å². The number of ether oxygens (including phenoxy) is 1. The third-order valence-corrected chi connectivity index (χ3v) is 8.02. The number of alkyl halides is 5. The first-order chi connectivity index (χ1) is 18.4. The molecule has 1 unspecified atom stereocenters. The van der Waals surface area contributed by atoms with Crippen LogP contribution in [0.2, 0.25) is 0 Å². The van der Waals surface area contributed by atoms with E-state index in [1.54, 1.807) is 20.8 Å². The maximum absolute atomic E-state index is 15.5. The van der Waals surface area contributed by atoms with Gasteiger partial charge in [0, 0.05) is 25.6 Å². The Balaban J connectivity index is 0.00000462. The van der Waals surface area contributed by atoms with E-state index in [1.807, 2.05) is 0 Å². The molecule has 0 N–H and O–H groups in total. The molecule has 2 heterocycles. The molecule has 7 nitrogen and oxygen atoms in total. The van der Waals surface area contributed by atoms with Crippen molar-refractivity contribution in [2.45, 2.75) is 82.5 Å². The summed E-state index contributed by atoms with van der Waals surface area (Å²) < 4.78 is 91.9. The van der Waals surface area contributed by atoms with Gasteiger partial charge in [0.2, 0.25) is 5.91 Å². The number of carboxylic acids is 1. The molecule has 1 aromatic rings. The first-order valence-corrected chi connectivity index (χ1v) is 13.1. The van der Waals surface area contributed by atoms with Gasteiger partial charge in [-0.3, -0.25) is 4.79 Å². The summed E-state index contributed by atoms with van der Waals surface area (Å²) in [6, 6.07) is 1.20. The Morgan fingerprint density at radius 1 is 1.02 bits per heavy atom. The third kappa shape index (κ3) is 6.51. The zero-order valence-electron chi connectivity index (χ0n) is 23.3. The summed E-state index contributed by atoms with van der Waals surface area (Å²) in [5, 5.41) is 11.6. The second-order valence-electron chi connectivity index (χ2n) is 11.9. The Labute approximate surface area is 245 Å². The topological polar surface area (TPSA) is 90.0 Å². The van der Waals surface area contributed by atoms with Crippen LogP contribution in [0.5, 0.6) is 0 Å². The van der Waals surface area contributed by atoms with Gasteiger partial charge in [0.15, 0.2) is 0 Å². The van der Waals surface area contributed by atoms with Crippen molar-refractivity contribution < 1.29 is 69.4 Å². The van der Waals surface area contributed by atoms with Crippen LogP contribution < -0.4 is 24.0 Å². The van der Waals surface area contributed by atoms with Crippen molar-refractivity contribution in [2.24, 2.45) is 11.3 Å². The van der Waals surface area contributed by atoms with Crippen molar-refractivity contribution in [3.05, 3.63) is 35.1 Å². The molecule has 2 atom stereocenters. The molecule has 1 aliphatic carbocycles. The quantitative estimate of drug-likeness (QED) is 0.385. The van der Waals surface area contributed by atoms with Crippen LogP contribution >= 0.6 is 0 Å². The Morgan fingerprint density at radius 2 is 1.61 bits per heavy atom. The second-order valence-corrected chi connectivity index (χ2v) is 11.9. The summed E-state index contributed by atoms with van der Waals surface area (Å²) in [6.07, 6.45) is -6.52. The minimum absolute atomic E-state index is 0. The zero-order valence-corrected chi connectivity index (χ0v) is 23.3. The Kier molecular flexibility index (Phi) is 9.17. The molecule has 222 valence electrons. The number of hydrogen-bond donors (Lipinski definition) is 0. The van der Waals surface area contributed by atoms with Crippen LogP contribution in [0.3, 0.4) is 0 Å². The van der Waals surface area contributed by atoms with E-state index in [9.17, 15) is 32.7 Å². The van der Waals surface area contributed by atoms with Crippen LogP contribution in [-0.4, -0.2) is 65.2 Å². The number of piperidine rings is 1. The molecule has 2 amide bonds. The molecular formula is C27H31F6LiN2O5. The van der Waals surface area contributed by atoms with Gasteiger partial charge in [-0.15, -0.1) is 0 Å². The minimum atomic E-state index is -4.95. The normalized spacial score (nSPS) is 23.1. The first-order valence-electron chi connectivity index (χ1n) is 13.1. The number of carboxylic acid groups (broad SMARTS) is 1. The number of hydrogen-bond acceptors (Lipinski definition) is 5. The van der Waals surface area contributed by atoms with Crippen molar-refractivity contribution in [1.29, 1.82) is 0 Å². The Hall–Kier alpha value is -2.39. The number of halogens is 6. The monoisotopic (exact) mass is 584 g/mol. The molecule has 14 heteroatoms. The van der Waals surface area contributed by atoms with Crippen LogP contribution in [0.25, 0.3) is 0 Å². The third-order valence-electron chi connectivity index (χ3n) is 8.02.